The molecule has 0 saturated carbocycles. The van der Waals surface area contributed by atoms with Gasteiger partial charge in [-0.05, 0) is 37.4 Å². The average Bonchev–Trinajstić information content (AvgIpc) is 2.86. The molecule has 2 amide bonds. The molecule has 0 bridgehead atoms. The van der Waals surface area contributed by atoms with Crippen molar-refractivity contribution >= 4 is 23.3 Å². The normalized spacial score (nSPS) is 14.7. The van der Waals surface area contributed by atoms with Crippen LogP contribution < -0.4 is 15.4 Å². The van der Waals surface area contributed by atoms with Crippen LogP contribution in [0.5, 0.6) is 5.75 Å². The molecule has 0 spiro atoms. The van der Waals surface area contributed by atoms with Crippen molar-refractivity contribution < 1.29 is 27.5 Å². The Morgan fingerprint density at radius 3 is 2.35 bits per heavy atom. The second-order valence-corrected chi connectivity index (χ2v) is 8.40. The monoisotopic (exact) mass is 515 g/mol. The smallest absolute Gasteiger partial charge is 0.404 e. The van der Waals surface area contributed by atoms with Crippen molar-refractivity contribution in [3.63, 3.8) is 0 Å². The highest BCUT2D eigenvalue weighted by Crippen LogP contribution is 2.31. The number of aromatic nitrogens is 3. The number of hydrogen-bond donors (Lipinski definition) is 2. The molecular weight excluding hydrogens is 491 g/mol. The molecule has 3 aromatic rings. The third-order valence-corrected chi connectivity index (χ3v) is 5.60. The van der Waals surface area contributed by atoms with Gasteiger partial charge in [-0.25, -0.2) is 15.0 Å². The highest BCUT2D eigenvalue weighted by molar-refractivity contribution is 6.05. The second-order valence-electron chi connectivity index (χ2n) is 8.40. The van der Waals surface area contributed by atoms with Gasteiger partial charge in [0.1, 0.15) is 12.1 Å². The van der Waals surface area contributed by atoms with Gasteiger partial charge in [-0.1, -0.05) is 0 Å². The van der Waals surface area contributed by atoms with Crippen molar-refractivity contribution in [2.45, 2.75) is 6.36 Å². The van der Waals surface area contributed by atoms with Crippen LogP contribution in [0, 0.1) is 0 Å². The van der Waals surface area contributed by atoms with Crippen LogP contribution in [0.1, 0.15) is 10.4 Å². The van der Waals surface area contributed by atoms with E-state index in [4.69, 9.17) is 0 Å². The maximum atomic E-state index is 12.9. The summed E-state index contributed by atoms with van der Waals surface area (Å²) in [6.45, 7) is 2.86. The summed E-state index contributed by atoms with van der Waals surface area (Å²) in [5.74, 6) is -1.54. The molecule has 4 rings (SSSR count). The first-order valence-corrected chi connectivity index (χ1v) is 11.3. The number of alkyl halides is 3. The number of piperazine rings is 1. The summed E-state index contributed by atoms with van der Waals surface area (Å²) in [6.07, 6.45) is 1.19. The summed E-state index contributed by atoms with van der Waals surface area (Å²) in [4.78, 5) is 41.5. The lowest BCUT2D eigenvalue weighted by Gasteiger charge is -2.31. The summed E-state index contributed by atoms with van der Waals surface area (Å²) in [5.41, 5.74) is 1.21. The summed E-state index contributed by atoms with van der Waals surface area (Å²) in [6, 6.07) is 6.57. The number of anilines is 2. The number of likely N-dealkylation sites (N-methyl/N-ethyl adjacent to an activating group) is 1. The molecule has 0 aliphatic carbocycles. The van der Waals surface area contributed by atoms with E-state index in [9.17, 15) is 22.8 Å². The minimum atomic E-state index is -4.98. The summed E-state index contributed by atoms with van der Waals surface area (Å²) < 4.78 is 42.8. The van der Waals surface area contributed by atoms with Crippen molar-refractivity contribution in [1.29, 1.82) is 0 Å². The Balaban J connectivity index is 1.47. The number of benzene rings is 1. The molecule has 0 radical (unpaired) electrons. The highest BCUT2D eigenvalue weighted by atomic mass is 19.4. The summed E-state index contributed by atoms with van der Waals surface area (Å²) in [7, 11) is 1.97. The van der Waals surface area contributed by atoms with Crippen LogP contribution >= 0.6 is 0 Å². The molecule has 37 heavy (non-hydrogen) atoms. The quantitative estimate of drug-likeness (QED) is 0.494. The van der Waals surface area contributed by atoms with Crippen LogP contribution in [-0.2, 0) is 4.79 Å². The van der Waals surface area contributed by atoms with Crippen molar-refractivity contribution in [2.24, 2.45) is 0 Å². The van der Waals surface area contributed by atoms with Crippen LogP contribution in [0.3, 0.4) is 0 Å². The minimum Gasteiger partial charge on any atom is -0.404 e. The fraction of sp³-hybridized carbons (Fsp3) is 0.292. The predicted octanol–water partition coefficient (Wildman–Crippen LogP) is 2.88. The lowest BCUT2D eigenvalue weighted by Crippen LogP contribution is -2.47. The first-order valence-electron chi connectivity index (χ1n) is 11.3. The van der Waals surface area contributed by atoms with Crippen LogP contribution in [0.2, 0.25) is 0 Å². The van der Waals surface area contributed by atoms with E-state index in [2.05, 4.69) is 35.2 Å². The van der Waals surface area contributed by atoms with E-state index in [1.807, 2.05) is 11.9 Å². The maximum Gasteiger partial charge on any atom is 0.573 e. The van der Waals surface area contributed by atoms with Crippen LogP contribution in [0.15, 0.2) is 55.2 Å². The van der Waals surface area contributed by atoms with Gasteiger partial charge in [0.05, 0.1) is 12.2 Å². The van der Waals surface area contributed by atoms with E-state index in [1.165, 1.54) is 18.6 Å². The third-order valence-electron chi connectivity index (χ3n) is 5.60. The van der Waals surface area contributed by atoms with Crippen molar-refractivity contribution in [2.75, 3.05) is 50.4 Å². The van der Waals surface area contributed by atoms with Gasteiger partial charge in [-0.15, -0.1) is 13.2 Å². The minimum absolute atomic E-state index is 0.00154. The van der Waals surface area contributed by atoms with E-state index >= 15 is 0 Å². The molecule has 10 nitrogen and oxygen atoms in total. The number of pyridine rings is 1. The van der Waals surface area contributed by atoms with Crippen LogP contribution in [0.25, 0.3) is 11.1 Å². The van der Waals surface area contributed by atoms with E-state index in [1.54, 1.807) is 24.5 Å². The van der Waals surface area contributed by atoms with Gasteiger partial charge in [0, 0.05) is 61.5 Å². The highest BCUT2D eigenvalue weighted by Gasteiger charge is 2.32. The van der Waals surface area contributed by atoms with E-state index in [-0.39, 0.29) is 23.6 Å². The number of ether oxygens (including phenoxy) is 1. The molecule has 194 valence electrons. The Morgan fingerprint density at radius 1 is 0.973 bits per heavy atom. The molecule has 0 unspecified atom stereocenters. The van der Waals surface area contributed by atoms with Gasteiger partial charge in [-0.3, -0.25) is 14.5 Å². The number of halogens is 3. The van der Waals surface area contributed by atoms with Gasteiger partial charge in [0.2, 0.25) is 5.91 Å². The van der Waals surface area contributed by atoms with Gasteiger partial charge >= 0.3 is 6.36 Å². The Hall–Kier alpha value is -4.10. The Morgan fingerprint density at radius 2 is 1.70 bits per heavy atom. The molecule has 13 heteroatoms. The number of carbonyl (C=O) groups excluding carboxylic acids is 2. The number of amides is 2. The summed E-state index contributed by atoms with van der Waals surface area (Å²) in [5, 5.41) is 5.03. The first-order chi connectivity index (χ1) is 17.7. The van der Waals surface area contributed by atoms with Crippen molar-refractivity contribution in [1.82, 2.24) is 24.8 Å². The van der Waals surface area contributed by atoms with Gasteiger partial charge in [0.15, 0.2) is 5.75 Å². The number of carbonyl (C=O) groups is 2. The Labute approximate surface area is 210 Å². The van der Waals surface area contributed by atoms with Gasteiger partial charge in [0.25, 0.3) is 5.91 Å². The zero-order chi connectivity index (χ0) is 26.4. The molecule has 1 aromatic carbocycles. The van der Waals surface area contributed by atoms with E-state index in [0.717, 1.165) is 36.3 Å². The molecule has 1 fully saturated rings. The van der Waals surface area contributed by atoms with E-state index < -0.39 is 23.9 Å². The third kappa shape index (κ3) is 7.44. The first kappa shape index (κ1) is 26.0. The zero-order valence-corrected chi connectivity index (χ0v) is 19.8. The van der Waals surface area contributed by atoms with E-state index in [0.29, 0.717) is 13.1 Å². The standard InChI is InChI=1S/C24H24F3N7O3/c1-33-6-8-34(9-7-33)14-22(35)31-19-10-16(2-4-20(19)37-24(25,26)27)23(36)32-21-5-3-17(13-30-21)18-11-28-15-29-12-18/h2-5,10-13,15H,6-9,14H2,1H3,(H,31,35)(H,30,32,36). The van der Waals surface area contributed by atoms with Gasteiger partial charge < -0.3 is 20.3 Å². The molecule has 3 heterocycles. The lowest BCUT2D eigenvalue weighted by atomic mass is 10.1. The predicted molar refractivity (Wildman–Crippen MR) is 129 cm³/mol. The number of hydrogen-bond acceptors (Lipinski definition) is 8. The molecule has 1 aliphatic heterocycles. The Kier molecular flexibility index (Phi) is 7.94. The number of rotatable bonds is 7. The van der Waals surface area contributed by atoms with Crippen molar-refractivity contribution in [3.8, 4) is 16.9 Å². The fourth-order valence-corrected chi connectivity index (χ4v) is 3.66. The zero-order valence-electron chi connectivity index (χ0n) is 19.8. The number of nitrogens with zero attached hydrogens (tertiary/aromatic N) is 5. The molecule has 1 saturated heterocycles. The maximum absolute atomic E-state index is 12.9. The Bertz CT molecular complexity index is 1230. The second kappa shape index (κ2) is 11.3. The van der Waals surface area contributed by atoms with Gasteiger partial charge in [-0.2, -0.15) is 0 Å². The molecule has 2 N–H and O–H groups in total. The average molecular weight is 515 g/mol. The van der Waals surface area contributed by atoms with Crippen molar-refractivity contribution in [3.05, 3.63) is 60.8 Å². The fourth-order valence-electron chi connectivity index (χ4n) is 3.66. The largest absolute Gasteiger partial charge is 0.573 e. The molecule has 2 aromatic heterocycles. The summed E-state index contributed by atoms with van der Waals surface area (Å²) >= 11 is 0. The number of nitrogens with one attached hydrogen (secondary N) is 2. The topological polar surface area (TPSA) is 113 Å². The molecular formula is C24H24F3N7O3. The molecule has 0 atom stereocenters. The van der Waals surface area contributed by atoms with Crippen LogP contribution in [0.4, 0.5) is 24.7 Å². The molecule has 1 aliphatic rings. The lowest BCUT2D eigenvalue weighted by molar-refractivity contribution is -0.274. The SMILES string of the molecule is CN1CCN(CC(=O)Nc2cc(C(=O)Nc3ccc(-c4cncnc4)cn3)ccc2OC(F)(F)F)CC1. The van der Waals surface area contributed by atoms with Crippen LogP contribution in [-0.4, -0.2) is 82.7 Å².